The van der Waals surface area contributed by atoms with Gasteiger partial charge in [-0.2, -0.15) is 0 Å². The highest BCUT2D eigenvalue weighted by atomic mass is 32.1. The largest absolute Gasteiger partial charge is 0.401 e. The second kappa shape index (κ2) is 5.26. The molecule has 0 atom stereocenters. The number of aryl methyl sites for hydroxylation is 1. The fourth-order valence-corrected chi connectivity index (χ4v) is 1.97. The van der Waals surface area contributed by atoms with Crippen molar-refractivity contribution >= 4 is 23.3 Å². The number of nitrogens with one attached hydrogen (secondary N) is 1. The third-order valence-corrected chi connectivity index (χ3v) is 2.88. The molecule has 18 heavy (non-hydrogen) atoms. The first-order valence-electron chi connectivity index (χ1n) is 5.60. The minimum Gasteiger partial charge on any atom is -0.401 e. The summed E-state index contributed by atoms with van der Waals surface area (Å²) in [6, 6.07) is 0.112. The van der Waals surface area contributed by atoms with Crippen LogP contribution in [0.1, 0.15) is 25.3 Å². The van der Waals surface area contributed by atoms with Gasteiger partial charge in [0.25, 0.3) is 5.89 Å². The molecule has 2 aromatic heterocycles. The molecule has 0 aliphatic carbocycles. The van der Waals surface area contributed by atoms with Gasteiger partial charge in [-0.3, -0.25) is 10.1 Å². The van der Waals surface area contributed by atoms with Crippen LogP contribution in [0.5, 0.6) is 0 Å². The van der Waals surface area contributed by atoms with Crippen molar-refractivity contribution in [3.05, 3.63) is 10.4 Å². The molecule has 7 heteroatoms. The maximum Gasteiger partial charge on any atom is 0.322 e. The van der Waals surface area contributed by atoms with Gasteiger partial charge in [0, 0.05) is 11.8 Å². The van der Waals surface area contributed by atoms with Crippen molar-refractivity contribution in [1.29, 1.82) is 0 Å². The van der Waals surface area contributed by atoms with Crippen molar-refractivity contribution in [1.82, 2.24) is 15.2 Å². The Morgan fingerprint density at radius 3 is 2.89 bits per heavy atom. The molecular weight excluding hydrogens is 252 g/mol. The van der Waals surface area contributed by atoms with Gasteiger partial charge in [0.1, 0.15) is 5.69 Å². The van der Waals surface area contributed by atoms with E-state index in [4.69, 9.17) is 4.42 Å². The Kier molecular flexibility index (Phi) is 3.71. The molecule has 2 rings (SSSR count). The van der Waals surface area contributed by atoms with Gasteiger partial charge in [0.2, 0.25) is 5.91 Å². The van der Waals surface area contributed by atoms with Crippen LogP contribution < -0.4 is 5.32 Å². The van der Waals surface area contributed by atoms with Gasteiger partial charge < -0.3 is 4.42 Å². The highest BCUT2D eigenvalue weighted by molar-refractivity contribution is 7.09. The summed E-state index contributed by atoms with van der Waals surface area (Å²) in [5.41, 5.74) is 0.634. The quantitative estimate of drug-likeness (QED) is 0.919. The lowest BCUT2D eigenvalue weighted by atomic mass is 10.1. The van der Waals surface area contributed by atoms with Crippen molar-refractivity contribution in [2.24, 2.45) is 5.92 Å². The third-order valence-electron chi connectivity index (χ3n) is 2.10. The van der Waals surface area contributed by atoms with E-state index in [1.54, 1.807) is 0 Å². The van der Waals surface area contributed by atoms with E-state index >= 15 is 0 Å². The molecule has 96 valence electrons. The van der Waals surface area contributed by atoms with Gasteiger partial charge in [0.15, 0.2) is 0 Å². The van der Waals surface area contributed by atoms with Gasteiger partial charge in [-0.1, -0.05) is 18.9 Å². The molecule has 0 unspecified atom stereocenters. The monoisotopic (exact) mass is 266 g/mol. The number of hydrogen-bond acceptors (Lipinski definition) is 6. The summed E-state index contributed by atoms with van der Waals surface area (Å²) in [7, 11) is 0. The Balaban J connectivity index is 2.04. The fraction of sp³-hybridized carbons (Fsp3) is 0.455. The summed E-state index contributed by atoms with van der Waals surface area (Å²) in [6.45, 7) is 5.84. The Labute approximate surface area is 108 Å². The van der Waals surface area contributed by atoms with Crippen LogP contribution in [0.25, 0.3) is 11.6 Å². The molecule has 1 amide bonds. The number of hydrogen-bond donors (Lipinski definition) is 1. The average molecular weight is 266 g/mol. The minimum atomic E-state index is -0.130. The van der Waals surface area contributed by atoms with E-state index in [1.807, 2.05) is 26.2 Å². The van der Waals surface area contributed by atoms with E-state index < -0.39 is 0 Å². The van der Waals surface area contributed by atoms with E-state index in [0.717, 1.165) is 5.01 Å². The molecule has 0 radical (unpaired) electrons. The van der Waals surface area contributed by atoms with Crippen molar-refractivity contribution in [3.63, 3.8) is 0 Å². The lowest BCUT2D eigenvalue weighted by Gasteiger charge is -2.02. The smallest absolute Gasteiger partial charge is 0.322 e. The highest BCUT2D eigenvalue weighted by Gasteiger charge is 2.13. The normalized spacial score (nSPS) is 10.9. The molecule has 0 fully saturated rings. The fourth-order valence-electron chi connectivity index (χ4n) is 1.38. The zero-order chi connectivity index (χ0) is 13.1. The van der Waals surface area contributed by atoms with Crippen LogP contribution >= 0.6 is 11.3 Å². The topological polar surface area (TPSA) is 80.9 Å². The second-order valence-corrected chi connectivity index (χ2v) is 5.37. The first kappa shape index (κ1) is 12.7. The zero-order valence-electron chi connectivity index (χ0n) is 10.4. The van der Waals surface area contributed by atoms with Gasteiger partial charge in [0.05, 0.1) is 5.01 Å². The molecule has 0 aromatic carbocycles. The molecule has 0 aliphatic rings. The van der Waals surface area contributed by atoms with E-state index in [1.165, 1.54) is 11.3 Å². The zero-order valence-corrected chi connectivity index (χ0v) is 11.2. The summed E-state index contributed by atoms with van der Waals surface area (Å²) < 4.78 is 5.33. The Hall–Kier alpha value is -1.76. The van der Waals surface area contributed by atoms with Crippen molar-refractivity contribution < 1.29 is 9.21 Å². The molecule has 6 nitrogen and oxygen atoms in total. The predicted molar refractivity (Wildman–Crippen MR) is 68.2 cm³/mol. The molecule has 2 aromatic rings. The van der Waals surface area contributed by atoms with Gasteiger partial charge >= 0.3 is 6.01 Å². The summed E-state index contributed by atoms with van der Waals surface area (Å²) in [4.78, 5) is 15.8. The van der Waals surface area contributed by atoms with E-state index in [9.17, 15) is 4.79 Å². The number of anilines is 1. The van der Waals surface area contributed by atoms with Crippen LogP contribution in [0.4, 0.5) is 6.01 Å². The summed E-state index contributed by atoms with van der Waals surface area (Å²) in [6.07, 6.45) is 0.424. The number of aromatic nitrogens is 3. The third kappa shape index (κ3) is 3.13. The Morgan fingerprint density at radius 2 is 2.28 bits per heavy atom. The van der Waals surface area contributed by atoms with Crippen LogP contribution in [-0.2, 0) is 4.79 Å². The van der Waals surface area contributed by atoms with Crippen molar-refractivity contribution in [2.75, 3.05) is 5.32 Å². The van der Waals surface area contributed by atoms with Gasteiger partial charge in [-0.25, -0.2) is 4.98 Å². The minimum absolute atomic E-state index is 0.112. The number of carbonyl (C=O) groups excluding carboxylic acids is 1. The number of amides is 1. The highest BCUT2D eigenvalue weighted by Crippen LogP contribution is 2.21. The van der Waals surface area contributed by atoms with Crippen LogP contribution in [-0.4, -0.2) is 21.1 Å². The lowest BCUT2D eigenvalue weighted by molar-refractivity contribution is -0.117. The van der Waals surface area contributed by atoms with Crippen molar-refractivity contribution in [2.45, 2.75) is 27.2 Å². The van der Waals surface area contributed by atoms with E-state index in [0.29, 0.717) is 18.0 Å². The maximum absolute atomic E-state index is 11.5. The second-order valence-electron chi connectivity index (χ2n) is 4.31. The first-order valence-corrected chi connectivity index (χ1v) is 6.48. The maximum atomic E-state index is 11.5. The number of nitrogens with zero attached hydrogens (tertiary/aromatic N) is 3. The molecule has 2 heterocycles. The van der Waals surface area contributed by atoms with Crippen LogP contribution in [0.3, 0.4) is 0 Å². The first-order chi connectivity index (χ1) is 8.54. The predicted octanol–water partition coefficient (Wildman–Crippen LogP) is 2.49. The molecular formula is C11H14N4O2S. The van der Waals surface area contributed by atoms with Crippen LogP contribution in [0.15, 0.2) is 9.80 Å². The molecule has 0 bridgehead atoms. The number of carbonyl (C=O) groups is 1. The average Bonchev–Trinajstić information content (AvgIpc) is 2.85. The van der Waals surface area contributed by atoms with E-state index in [2.05, 4.69) is 20.5 Å². The lowest BCUT2D eigenvalue weighted by Crippen LogP contribution is -2.13. The number of thiazole rings is 1. The summed E-state index contributed by atoms with van der Waals surface area (Å²) in [5, 5.41) is 12.9. The van der Waals surface area contributed by atoms with Crippen LogP contribution in [0, 0.1) is 12.8 Å². The van der Waals surface area contributed by atoms with Gasteiger partial charge in [-0.05, 0) is 12.8 Å². The van der Waals surface area contributed by atoms with Crippen LogP contribution in [0.2, 0.25) is 0 Å². The molecule has 0 saturated heterocycles. The molecule has 1 N–H and O–H groups in total. The standard InChI is InChI=1S/C11H14N4O2S/c1-6(2)4-9(16)13-11-15-14-10(17-11)8-5-18-7(3)12-8/h5-6H,4H2,1-3H3,(H,13,15,16). The van der Waals surface area contributed by atoms with E-state index in [-0.39, 0.29) is 17.8 Å². The Bertz CT molecular complexity index is 547. The Morgan fingerprint density at radius 1 is 1.50 bits per heavy atom. The molecule has 0 aliphatic heterocycles. The molecule has 0 spiro atoms. The van der Waals surface area contributed by atoms with Crippen molar-refractivity contribution in [3.8, 4) is 11.6 Å². The summed E-state index contributed by atoms with van der Waals surface area (Å²) in [5.74, 6) is 0.474. The molecule has 0 saturated carbocycles. The SMILES string of the molecule is Cc1nc(-c2nnc(NC(=O)CC(C)C)o2)cs1. The summed E-state index contributed by atoms with van der Waals surface area (Å²) >= 11 is 1.50. The van der Waals surface area contributed by atoms with Gasteiger partial charge in [-0.15, -0.1) is 16.4 Å². The number of rotatable bonds is 4.